The van der Waals surface area contributed by atoms with Gasteiger partial charge in [-0.3, -0.25) is 0 Å². The number of esters is 1. The zero-order valence-corrected chi connectivity index (χ0v) is 11.4. The van der Waals surface area contributed by atoms with Crippen molar-refractivity contribution in [2.24, 2.45) is 0 Å². The molecule has 4 heteroatoms. The van der Waals surface area contributed by atoms with Gasteiger partial charge in [0, 0.05) is 6.07 Å². The molecule has 0 spiro atoms. The zero-order valence-electron chi connectivity index (χ0n) is 11.4. The van der Waals surface area contributed by atoms with Gasteiger partial charge in [-0.2, -0.15) is 0 Å². The fourth-order valence-corrected chi connectivity index (χ4v) is 1.29. The van der Waals surface area contributed by atoms with Gasteiger partial charge in [0.1, 0.15) is 17.3 Å². The van der Waals surface area contributed by atoms with Crippen LogP contribution in [0.5, 0.6) is 11.5 Å². The molecule has 0 radical (unpaired) electrons. The number of aromatic hydroxyl groups is 1. The van der Waals surface area contributed by atoms with Crippen molar-refractivity contribution in [2.75, 3.05) is 0 Å². The second-order valence-corrected chi connectivity index (χ2v) is 4.16. The molecule has 0 heterocycles. The van der Waals surface area contributed by atoms with Gasteiger partial charge in [-0.1, -0.05) is 24.3 Å². The molecule has 20 heavy (non-hydrogen) atoms. The van der Waals surface area contributed by atoms with E-state index in [1.54, 1.807) is 36.4 Å². The highest BCUT2D eigenvalue weighted by molar-refractivity contribution is 5.90. The van der Waals surface area contributed by atoms with Gasteiger partial charge in [0.15, 0.2) is 0 Å². The summed E-state index contributed by atoms with van der Waals surface area (Å²) in [5.74, 6) is 0.124. The van der Waals surface area contributed by atoms with Crippen molar-refractivity contribution in [1.82, 2.24) is 0 Å². The minimum atomic E-state index is -0.439. The van der Waals surface area contributed by atoms with Crippen molar-refractivity contribution in [3.63, 3.8) is 0 Å². The monoisotopic (exact) mass is 272 g/mol. The number of hydrogen-bond acceptors (Lipinski definition) is 4. The Hall–Kier alpha value is -2.62. The summed E-state index contributed by atoms with van der Waals surface area (Å²) in [6.07, 6.45) is 0. The molecule has 0 saturated heterocycles. The fourth-order valence-electron chi connectivity index (χ4n) is 1.29. The third-order valence-corrected chi connectivity index (χ3v) is 2.04. The van der Waals surface area contributed by atoms with Crippen molar-refractivity contribution in [1.29, 1.82) is 0 Å². The third-order valence-electron chi connectivity index (χ3n) is 2.04. The lowest BCUT2D eigenvalue weighted by Gasteiger charge is -2.04. The molecule has 0 fully saturated rings. The zero-order chi connectivity index (χ0) is 15.0. The molecular weight excluding hydrogens is 256 g/mol. The van der Waals surface area contributed by atoms with Crippen LogP contribution in [0.4, 0.5) is 0 Å². The Labute approximate surface area is 117 Å². The van der Waals surface area contributed by atoms with Gasteiger partial charge < -0.3 is 14.6 Å². The summed E-state index contributed by atoms with van der Waals surface area (Å²) in [5, 5.41) is 9.21. The van der Waals surface area contributed by atoms with Gasteiger partial charge >= 0.3 is 5.97 Å². The predicted octanol–water partition coefficient (Wildman–Crippen LogP) is 3.21. The molecule has 0 amide bonds. The minimum Gasteiger partial charge on any atom is -0.508 e. The number of benzene rings is 2. The van der Waals surface area contributed by atoms with Crippen LogP contribution in [0.15, 0.2) is 54.6 Å². The predicted molar refractivity (Wildman–Crippen MR) is 75.9 cm³/mol. The average molecular weight is 272 g/mol. The maximum atomic E-state index is 11.6. The SMILES string of the molecule is CC(C)=O.O=C(Oc1cccc(O)c1)c1ccccc1. The minimum absolute atomic E-state index is 0.0679. The van der Waals surface area contributed by atoms with Crippen LogP contribution in [-0.4, -0.2) is 16.9 Å². The van der Waals surface area contributed by atoms with Crippen molar-refractivity contribution in [2.45, 2.75) is 13.8 Å². The van der Waals surface area contributed by atoms with Crippen LogP contribution in [0.1, 0.15) is 24.2 Å². The van der Waals surface area contributed by atoms with Gasteiger partial charge in [0.25, 0.3) is 0 Å². The van der Waals surface area contributed by atoms with E-state index in [1.165, 1.54) is 26.0 Å². The summed E-state index contributed by atoms with van der Waals surface area (Å²) in [4.78, 5) is 21.1. The van der Waals surface area contributed by atoms with E-state index in [9.17, 15) is 14.7 Å². The molecule has 0 aromatic heterocycles. The first-order valence-electron chi connectivity index (χ1n) is 6.02. The maximum Gasteiger partial charge on any atom is 0.343 e. The van der Waals surface area contributed by atoms with E-state index in [-0.39, 0.29) is 11.5 Å². The summed E-state index contributed by atoms with van der Waals surface area (Å²) in [6.45, 7) is 3.06. The first-order chi connectivity index (χ1) is 9.49. The summed E-state index contributed by atoms with van der Waals surface area (Å²) >= 11 is 0. The van der Waals surface area contributed by atoms with E-state index < -0.39 is 5.97 Å². The number of phenols is 1. The summed E-state index contributed by atoms with van der Waals surface area (Å²) in [6, 6.07) is 14.8. The van der Waals surface area contributed by atoms with Crippen LogP contribution >= 0.6 is 0 Å². The van der Waals surface area contributed by atoms with Crippen molar-refractivity contribution >= 4 is 11.8 Å². The van der Waals surface area contributed by atoms with Crippen LogP contribution < -0.4 is 4.74 Å². The molecule has 0 aliphatic carbocycles. The molecule has 0 bridgehead atoms. The van der Waals surface area contributed by atoms with E-state index in [4.69, 9.17) is 4.74 Å². The van der Waals surface area contributed by atoms with Gasteiger partial charge in [-0.15, -0.1) is 0 Å². The second-order valence-electron chi connectivity index (χ2n) is 4.16. The average Bonchev–Trinajstić information content (AvgIpc) is 2.39. The molecule has 0 aliphatic heterocycles. The summed E-state index contributed by atoms with van der Waals surface area (Å²) in [5.41, 5.74) is 0.478. The number of phenolic OH excluding ortho intramolecular Hbond substituents is 1. The van der Waals surface area contributed by atoms with Crippen molar-refractivity contribution in [3.05, 3.63) is 60.2 Å². The highest BCUT2D eigenvalue weighted by Crippen LogP contribution is 2.18. The van der Waals surface area contributed by atoms with Crippen molar-refractivity contribution < 1.29 is 19.4 Å². The molecule has 0 atom stereocenters. The van der Waals surface area contributed by atoms with Crippen molar-refractivity contribution in [3.8, 4) is 11.5 Å². The molecule has 2 aromatic rings. The van der Waals surface area contributed by atoms with Crippen LogP contribution in [0, 0.1) is 0 Å². The molecule has 0 saturated carbocycles. The Balaban J connectivity index is 0.000000444. The molecule has 2 rings (SSSR count). The maximum absolute atomic E-state index is 11.6. The Kier molecular flexibility index (Phi) is 5.97. The Morgan fingerprint density at radius 1 is 0.950 bits per heavy atom. The highest BCUT2D eigenvalue weighted by Gasteiger charge is 2.07. The second kappa shape index (κ2) is 7.74. The third kappa shape index (κ3) is 5.82. The number of carbonyl (C=O) groups is 2. The lowest BCUT2D eigenvalue weighted by Crippen LogP contribution is -2.07. The number of carbonyl (C=O) groups excluding carboxylic acids is 2. The van der Waals surface area contributed by atoms with E-state index in [2.05, 4.69) is 0 Å². The van der Waals surface area contributed by atoms with Gasteiger partial charge in [0.2, 0.25) is 0 Å². The molecule has 104 valence electrons. The molecule has 1 N–H and O–H groups in total. The van der Waals surface area contributed by atoms with E-state index in [0.29, 0.717) is 11.3 Å². The molecule has 4 nitrogen and oxygen atoms in total. The van der Waals surface area contributed by atoms with Crippen LogP contribution in [0.25, 0.3) is 0 Å². The standard InChI is InChI=1S/C13H10O3.C3H6O/c14-11-7-4-8-12(9-11)16-13(15)10-5-2-1-3-6-10;1-3(2)4/h1-9,14H;1-2H3. The summed E-state index contributed by atoms with van der Waals surface area (Å²) < 4.78 is 5.08. The smallest absolute Gasteiger partial charge is 0.343 e. The number of rotatable bonds is 2. The van der Waals surface area contributed by atoms with Crippen LogP contribution in [0.3, 0.4) is 0 Å². The molecule has 2 aromatic carbocycles. The quantitative estimate of drug-likeness (QED) is 0.673. The molecular formula is C16H16O4. The number of Topliss-reactive ketones (excluding diaryl/α,β-unsaturated/α-hetero) is 1. The lowest BCUT2D eigenvalue weighted by atomic mass is 10.2. The molecule has 0 unspecified atom stereocenters. The fraction of sp³-hybridized carbons (Fsp3) is 0.125. The number of hydrogen-bond donors (Lipinski definition) is 1. The topological polar surface area (TPSA) is 63.6 Å². The van der Waals surface area contributed by atoms with Gasteiger partial charge in [-0.25, -0.2) is 4.79 Å². The Morgan fingerprint density at radius 2 is 1.55 bits per heavy atom. The lowest BCUT2D eigenvalue weighted by molar-refractivity contribution is -0.115. The number of ketones is 1. The van der Waals surface area contributed by atoms with Crippen LogP contribution in [0.2, 0.25) is 0 Å². The van der Waals surface area contributed by atoms with E-state index in [1.807, 2.05) is 6.07 Å². The van der Waals surface area contributed by atoms with Gasteiger partial charge in [-0.05, 0) is 38.1 Å². The molecule has 0 aliphatic rings. The normalized spacial score (nSPS) is 9.10. The Bertz CT molecular complexity index is 572. The first kappa shape index (κ1) is 15.4. The highest BCUT2D eigenvalue weighted by atomic mass is 16.5. The van der Waals surface area contributed by atoms with E-state index in [0.717, 1.165) is 0 Å². The van der Waals surface area contributed by atoms with E-state index >= 15 is 0 Å². The van der Waals surface area contributed by atoms with Crippen LogP contribution in [-0.2, 0) is 4.79 Å². The Morgan fingerprint density at radius 3 is 2.10 bits per heavy atom. The summed E-state index contributed by atoms with van der Waals surface area (Å²) in [7, 11) is 0. The first-order valence-corrected chi connectivity index (χ1v) is 6.02. The largest absolute Gasteiger partial charge is 0.508 e. The number of ether oxygens (including phenoxy) is 1. The van der Waals surface area contributed by atoms with Gasteiger partial charge in [0.05, 0.1) is 5.56 Å².